The molecule has 0 fully saturated rings. The molecule has 0 amide bonds. The minimum atomic E-state index is 0.185. The highest BCUT2D eigenvalue weighted by atomic mass is 32.1. The van der Waals surface area contributed by atoms with Crippen molar-refractivity contribution in [1.82, 2.24) is 10.3 Å². The summed E-state index contributed by atoms with van der Waals surface area (Å²) in [5.74, 6) is 0. The number of nitrogens with one attached hydrogen (secondary N) is 1. The molecule has 0 saturated carbocycles. The first-order valence-electron chi connectivity index (χ1n) is 4.56. The maximum Gasteiger partial charge on any atom is 0.0900 e. The monoisotopic (exact) mass is 198 g/mol. The van der Waals surface area contributed by atoms with Gasteiger partial charge < -0.3 is 5.32 Å². The first-order chi connectivity index (χ1) is 5.88. The number of aryl methyl sites for hydroxylation is 2. The molecule has 0 saturated heterocycles. The Morgan fingerprint density at radius 3 is 2.31 bits per heavy atom. The summed E-state index contributed by atoms with van der Waals surface area (Å²) in [7, 11) is 0. The van der Waals surface area contributed by atoms with Crippen molar-refractivity contribution < 1.29 is 0 Å². The normalized spacial score (nSPS) is 12.1. The lowest BCUT2D eigenvalue weighted by Gasteiger charge is -2.19. The molecule has 1 aromatic heterocycles. The Kier molecular flexibility index (Phi) is 3.09. The van der Waals surface area contributed by atoms with Crippen LogP contribution in [0.1, 0.15) is 36.3 Å². The van der Waals surface area contributed by atoms with Gasteiger partial charge in [0.05, 0.1) is 10.7 Å². The molecule has 1 aromatic rings. The molecule has 0 unspecified atom stereocenters. The highest BCUT2D eigenvalue weighted by Gasteiger charge is 2.11. The van der Waals surface area contributed by atoms with Gasteiger partial charge in [0.15, 0.2) is 0 Å². The van der Waals surface area contributed by atoms with E-state index in [-0.39, 0.29) is 5.54 Å². The average Bonchev–Trinajstić information content (AvgIpc) is 2.24. The summed E-state index contributed by atoms with van der Waals surface area (Å²) in [6.07, 6.45) is 0. The molecular weight excluding hydrogens is 180 g/mol. The Morgan fingerprint density at radius 2 is 1.92 bits per heavy atom. The van der Waals surface area contributed by atoms with E-state index in [1.807, 2.05) is 0 Å². The van der Waals surface area contributed by atoms with Gasteiger partial charge in [-0.1, -0.05) is 0 Å². The molecule has 0 radical (unpaired) electrons. The van der Waals surface area contributed by atoms with E-state index in [9.17, 15) is 0 Å². The van der Waals surface area contributed by atoms with Crippen molar-refractivity contribution in [3.05, 3.63) is 15.6 Å². The SMILES string of the molecule is Cc1nc(C)c(CNC(C)(C)C)s1. The van der Waals surface area contributed by atoms with E-state index in [4.69, 9.17) is 0 Å². The van der Waals surface area contributed by atoms with Crippen molar-refractivity contribution >= 4 is 11.3 Å². The largest absolute Gasteiger partial charge is 0.307 e. The van der Waals surface area contributed by atoms with Crippen LogP contribution in [0.3, 0.4) is 0 Å². The highest BCUT2D eigenvalue weighted by molar-refractivity contribution is 7.11. The highest BCUT2D eigenvalue weighted by Crippen LogP contribution is 2.17. The quantitative estimate of drug-likeness (QED) is 0.790. The van der Waals surface area contributed by atoms with Gasteiger partial charge in [-0.15, -0.1) is 11.3 Å². The Bertz CT molecular complexity index is 284. The van der Waals surface area contributed by atoms with Crippen molar-refractivity contribution in [2.75, 3.05) is 0 Å². The summed E-state index contributed by atoms with van der Waals surface area (Å²) in [5, 5.41) is 4.62. The number of rotatable bonds is 2. The number of hydrogen-bond acceptors (Lipinski definition) is 3. The zero-order valence-corrected chi connectivity index (χ0v) is 9.88. The van der Waals surface area contributed by atoms with E-state index in [2.05, 4.69) is 44.9 Å². The van der Waals surface area contributed by atoms with Crippen LogP contribution in [0.25, 0.3) is 0 Å². The van der Waals surface area contributed by atoms with E-state index in [0.29, 0.717) is 0 Å². The standard InChI is InChI=1S/C10H18N2S/c1-7-9(13-8(2)12-7)6-11-10(3,4)5/h11H,6H2,1-5H3. The van der Waals surface area contributed by atoms with Gasteiger partial charge in [0.2, 0.25) is 0 Å². The molecule has 1 rings (SSSR count). The molecule has 1 heterocycles. The summed E-state index contributed by atoms with van der Waals surface area (Å²) < 4.78 is 0. The molecule has 0 spiro atoms. The van der Waals surface area contributed by atoms with Crippen LogP contribution in [0.4, 0.5) is 0 Å². The van der Waals surface area contributed by atoms with E-state index < -0.39 is 0 Å². The Labute approximate surface area is 84.4 Å². The predicted octanol–water partition coefficient (Wildman–Crippen LogP) is 2.65. The van der Waals surface area contributed by atoms with Crippen LogP contribution in [-0.2, 0) is 6.54 Å². The molecule has 13 heavy (non-hydrogen) atoms. The molecule has 0 bridgehead atoms. The minimum absolute atomic E-state index is 0.185. The molecule has 0 aliphatic rings. The summed E-state index contributed by atoms with van der Waals surface area (Å²) in [4.78, 5) is 5.74. The topological polar surface area (TPSA) is 24.9 Å². The van der Waals surface area contributed by atoms with Gasteiger partial charge in [0.1, 0.15) is 0 Å². The van der Waals surface area contributed by atoms with Crippen molar-refractivity contribution in [2.45, 2.75) is 46.7 Å². The predicted molar refractivity (Wildman–Crippen MR) is 58.2 cm³/mol. The second-order valence-electron chi connectivity index (χ2n) is 4.35. The fraction of sp³-hybridized carbons (Fsp3) is 0.700. The summed E-state index contributed by atoms with van der Waals surface area (Å²) in [6, 6.07) is 0. The molecule has 74 valence electrons. The molecule has 3 heteroatoms. The Balaban J connectivity index is 2.59. The third kappa shape index (κ3) is 3.44. The maximum atomic E-state index is 4.39. The van der Waals surface area contributed by atoms with E-state index in [1.54, 1.807) is 11.3 Å². The van der Waals surface area contributed by atoms with Gasteiger partial charge in [0, 0.05) is 17.0 Å². The lowest BCUT2D eigenvalue weighted by molar-refractivity contribution is 0.425. The van der Waals surface area contributed by atoms with Crippen LogP contribution in [0.2, 0.25) is 0 Å². The number of hydrogen-bond donors (Lipinski definition) is 1. The van der Waals surface area contributed by atoms with Crippen molar-refractivity contribution in [3.8, 4) is 0 Å². The van der Waals surface area contributed by atoms with Crippen LogP contribution in [0, 0.1) is 13.8 Å². The van der Waals surface area contributed by atoms with Gasteiger partial charge in [-0.25, -0.2) is 4.98 Å². The van der Waals surface area contributed by atoms with E-state index >= 15 is 0 Å². The molecule has 2 nitrogen and oxygen atoms in total. The fourth-order valence-electron chi connectivity index (χ4n) is 1.08. The lowest BCUT2D eigenvalue weighted by Crippen LogP contribution is -2.34. The van der Waals surface area contributed by atoms with Crippen LogP contribution in [0.5, 0.6) is 0 Å². The smallest absolute Gasteiger partial charge is 0.0900 e. The maximum absolute atomic E-state index is 4.39. The number of thiazole rings is 1. The minimum Gasteiger partial charge on any atom is -0.307 e. The average molecular weight is 198 g/mol. The Hall–Kier alpha value is -0.410. The van der Waals surface area contributed by atoms with Crippen LogP contribution < -0.4 is 5.32 Å². The molecule has 0 aliphatic heterocycles. The Morgan fingerprint density at radius 1 is 1.31 bits per heavy atom. The zero-order valence-electron chi connectivity index (χ0n) is 9.06. The zero-order chi connectivity index (χ0) is 10.1. The van der Waals surface area contributed by atoms with E-state index in [0.717, 1.165) is 11.6 Å². The van der Waals surface area contributed by atoms with Crippen molar-refractivity contribution in [2.24, 2.45) is 0 Å². The molecular formula is C10H18N2S. The first-order valence-corrected chi connectivity index (χ1v) is 5.38. The van der Waals surface area contributed by atoms with Gasteiger partial charge in [0.25, 0.3) is 0 Å². The number of aromatic nitrogens is 1. The van der Waals surface area contributed by atoms with Gasteiger partial charge >= 0.3 is 0 Å². The molecule has 1 N–H and O–H groups in total. The summed E-state index contributed by atoms with van der Waals surface area (Å²) in [6.45, 7) is 11.6. The second-order valence-corrected chi connectivity index (χ2v) is 5.63. The third-order valence-corrected chi connectivity index (χ3v) is 2.85. The van der Waals surface area contributed by atoms with Gasteiger partial charge in [-0.05, 0) is 34.6 Å². The fourth-order valence-corrected chi connectivity index (χ4v) is 1.96. The molecule has 0 aliphatic carbocycles. The summed E-state index contributed by atoms with van der Waals surface area (Å²) in [5.41, 5.74) is 1.35. The van der Waals surface area contributed by atoms with Gasteiger partial charge in [-0.3, -0.25) is 0 Å². The van der Waals surface area contributed by atoms with E-state index in [1.165, 1.54) is 10.6 Å². The summed E-state index contributed by atoms with van der Waals surface area (Å²) >= 11 is 1.78. The van der Waals surface area contributed by atoms with Crippen LogP contribution >= 0.6 is 11.3 Å². The number of nitrogens with zero attached hydrogens (tertiary/aromatic N) is 1. The first kappa shape index (κ1) is 10.7. The van der Waals surface area contributed by atoms with Crippen LogP contribution in [-0.4, -0.2) is 10.5 Å². The second kappa shape index (κ2) is 3.76. The van der Waals surface area contributed by atoms with Crippen molar-refractivity contribution in [3.63, 3.8) is 0 Å². The molecule has 0 atom stereocenters. The van der Waals surface area contributed by atoms with Crippen molar-refractivity contribution in [1.29, 1.82) is 0 Å². The molecule has 0 aromatic carbocycles. The van der Waals surface area contributed by atoms with Gasteiger partial charge in [-0.2, -0.15) is 0 Å². The lowest BCUT2D eigenvalue weighted by atomic mass is 10.1. The third-order valence-electron chi connectivity index (χ3n) is 1.78. The van der Waals surface area contributed by atoms with Crippen LogP contribution in [0.15, 0.2) is 0 Å².